The molecule has 0 fully saturated rings. The topological polar surface area (TPSA) is 41.4 Å². The summed E-state index contributed by atoms with van der Waals surface area (Å²) < 4.78 is 1.61. The molecule has 6 heteroatoms. The summed E-state index contributed by atoms with van der Waals surface area (Å²) in [6.45, 7) is 0. The standard InChI is InChI=1S/C20H21ClN4O/c1-23(2)16-9-11-17(12-10-16)24(3)20(26)19-13-18(22-25(19)4)14-5-7-15(21)8-6-14/h5-13H,1-4H3. The summed E-state index contributed by atoms with van der Waals surface area (Å²) in [6.07, 6.45) is 0. The molecule has 1 aromatic heterocycles. The van der Waals surface area contributed by atoms with E-state index in [1.165, 1.54) is 0 Å². The summed E-state index contributed by atoms with van der Waals surface area (Å²) in [6, 6.07) is 17.1. The molecule has 0 radical (unpaired) electrons. The molecular formula is C20H21ClN4O. The molecule has 26 heavy (non-hydrogen) atoms. The van der Waals surface area contributed by atoms with Crippen molar-refractivity contribution in [3.63, 3.8) is 0 Å². The van der Waals surface area contributed by atoms with Crippen molar-refractivity contribution < 1.29 is 4.79 Å². The molecule has 0 atom stereocenters. The fourth-order valence-corrected chi connectivity index (χ4v) is 2.82. The lowest BCUT2D eigenvalue weighted by Crippen LogP contribution is -2.28. The van der Waals surface area contributed by atoms with Crippen molar-refractivity contribution in [1.82, 2.24) is 9.78 Å². The maximum absolute atomic E-state index is 12.9. The van der Waals surface area contributed by atoms with E-state index in [1.54, 1.807) is 29.7 Å². The Labute approximate surface area is 158 Å². The van der Waals surface area contributed by atoms with Crippen LogP contribution < -0.4 is 9.80 Å². The zero-order valence-corrected chi connectivity index (χ0v) is 16.0. The fourth-order valence-electron chi connectivity index (χ4n) is 2.69. The molecule has 0 spiro atoms. The number of anilines is 2. The van der Waals surface area contributed by atoms with Crippen molar-refractivity contribution in [3.8, 4) is 11.3 Å². The Balaban J connectivity index is 1.86. The first-order valence-corrected chi connectivity index (χ1v) is 8.60. The Bertz CT molecular complexity index is 914. The van der Waals surface area contributed by atoms with Gasteiger partial charge < -0.3 is 9.80 Å². The summed E-state index contributed by atoms with van der Waals surface area (Å²) in [5.41, 5.74) is 4.09. The van der Waals surface area contributed by atoms with Crippen LogP contribution in [-0.2, 0) is 7.05 Å². The van der Waals surface area contributed by atoms with Gasteiger partial charge in [0.2, 0.25) is 0 Å². The van der Waals surface area contributed by atoms with Crippen LogP contribution in [0.2, 0.25) is 5.02 Å². The number of carbonyl (C=O) groups excluding carboxylic acids is 1. The van der Waals surface area contributed by atoms with Gasteiger partial charge in [0.15, 0.2) is 0 Å². The van der Waals surface area contributed by atoms with E-state index < -0.39 is 0 Å². The number of hydrogen-bond donors (Lipinski definition) is 0. The molecule has 3 rings (SSSR count). The Morgan fingerprint density at radius 1 is 0.962 bits per heavy atom. The average Bonchev–Trinajstić information content (AvgIpc) is 3.03. The van der Waals surface area contributed by atoms with Gasteiger partial charge in [0.25, 0.3) is 5.91 Å². The number of aryl methyl sites for hydroxylation is 1. The highest BCUT2D eigenvalue weighted by atomic mass is 35.5. The second-order valence-corrected chi connectivity index (χ2v) is 6.76. The van der Waals surface area contributed by atoms with Gasteiger partial charge >= 0.3 is 0 Å². The van der Waals surface area contributed by atoms with Gasteiger partial charge in [0.1, 0.15) is 5.69 Å². The minimum atomic E-state index is -0.113. The number of amides is 1. The Morgan fingerprint density at radius 3 is 2.12 bits per heavy atom. The van der Waals surface area contributed by atoms with Gasteiger partial charge in [0.05, 0.1) is 5.69 Å². The summed E-state index contributed by atoms with van der Waals surface area (Å²) in [5, 5.41) is 5.13. The maximum Gasteiger partial charge on any atom is 0.276 e. The van der Waals surface area contributed by atoms with E-state index in [2.05, 4.69) is 5.10 Å². The zero-order chi connectivity index (χ0) is 18.8. The molecule has 0 N–H and O–H groups in total. The smallest absolute Gasteiger partial charge is 0.276 e. The molecule has 5 nitrogen and oxygen atoms in total. The largest absolute Gasteiger partial charge is 0.378 e. The summed E-state index contributed by atoms with van der Waals surface area (Å²) in [5.74, 6) is -0.113. The molecule has 0 aliphatic heterocycles. The van der Waals surface area contributed by atoms with Gasteiger partial charge in [-0.15, -0.1) is 0 Å². The molecule has 0 saturated heterocycles. The quantitative estimate of drug-likeness (QED) is 0.696. The number of benzene rings is 2. The van der Waals surface area contributed by atoms with Gasteiger partial charge in [-0.2, -0.15) is 5.10 Å². The van der Waals surface area contributed by atoms with Gasteiger partial charge in [-0.3, -0.25) is 9.48 Å². The highest BCUT2D eigenvalue weighted by molar-refractivity contribution is 6.30. The van der Waals surface area contributed by atoms with Gasteiger partial charge in [-0.1, -0.05) is 23.7 Å². The van der Waals surface area contributed by atoms with Gasteiger partial charge in [0, 0.05) is 50.2 Å². The second kappa shape index (κ2) is 7.22. The van der Waals surface area contributed by atoms with Crippen molar-refractivity contribution in [3.05, 3.63) is 65.3 Å². The van der Waals surface area contributed by atoms with E-state index in [4.69, 9.17) is 11.6 Å². The van der Waals surface area contributed by atoms with Crippen molar-refractivity contribution in [2.75, 3.05) is 30.9 Å². The first kappa shape index (κ1) is 18.0. The van der Waals surface area contributed by atoms with E-state index in [0.29, 0.717) is 10.7 Å². The van der Waals surface area contributed by atoms with E-state index in [1.807, 2.05) is 67.5 Å². The highest BCUT2D eigenvalue weighted by Gasteiger charge is 2.19. The third kappa shape index (κ3) is 3.58. The number of rotatable bonds is 4. The normalized spacial score (nSPS) is 10.7. The number of carbonyl (C=O) groups is 1. The second-order valence-electron chi connectivity index (χ2n) is 6.32. The minimum Gasteiger partial charge on any atom is -0.378 e. The molecule has 1 amide bonds. The van der Waals surface area contributed by atoms with Crippen LogP contribution in [0.5, 0.6) is 0 Å². The summed E-state index contributed by atoms with van der Waals surface area (Å²) >= 11 is 5.94. The molecule has 0 unspecified atom stereocenters. The predicted molar refractivity (Wildman–Crippen MR) is 107 cm³/mol. The first-order chi connectivity index (χ1) is 12.4. The van der Waals surface area contributed by atoms with Crippen molar-refractivity contribution >= 4 is 28.9 Å². The number of aromatic nitrogens is 2. The lowest BCUT2D eigenvalue weighted by molar-refractivity contribution is 0.0984. The van der Waals surface area contributed by atoms with Crippen molar-refractivity contribution in [1.29, 1.82) is 0 Å². The molecule has 1 heterocycles. The van der Waals surface area contributed by atoms with Gasteiger partial charge in [-0.05, 0) is 42.5 Å². The van der Waals surface area contributed by atoms with Crippen LogP contribution in [0.1, 0.15) is 10.5 Å². The lowest BCUT2D eigenvalue weighted by Gasteiger charge is -2.19. The summed E-state index contributed by atoms with van der Waals surface area (Å²) in [7, 11) is 7.51. The maximum atomic E-state index is 12.9. The molecular weight excluding hydrogens is 348 g/mol. The van der Waals surface area contributed by atoms with Crippen LogP contribution in [0, 0.1) is 0 Å². The Hall–Kier alpha value is -2.79. The molecule has 0 bridgehead atoms. The molecule has 2 aromatic carbocycles. The molecule has 3 aromatic rings. The number of hydrogen-bond acceptors (Lipinski definition) is 3. The molecule has 134 valence electrons. The van der Waals surface area contributed by atoms with E-state index in [0.717, 1.165) is 22.6 Å². The van der Waals surface area contributed by atoms with Crippen LogP contribution in [0.25, 0.3) is 11.3 Å². The Morgan fingerprint density at radius 2 is 1.54 bits per heavy atom. The van der Waals surface area contributed by atoms with Crippen LogP contribution in [-0.4, -0.2) is 36.8 Å². The van der Waals surface area contributed by atoms with E-state index in [9.17, 15) is 4.79 Å². The minimum absolute atomic E-state index is 0.113. The number of nitrogens with zero attached hydrogens (tertiary/aromatic N) is 4. The molecule has 0 saturated carbocycles. The lowest BCUT2D eigenvalue weighted by atomic mass is 10.1. The van der Waals surface area contributed by atoms with Crippen LogP contribution in [0.15, 0.2) is 54.6 Å². The zero-order valence-electron chi connectivity index (χ0n) is 15.3. The number of halogens is 1. The predicted octanol–water partition coefficient (Wildman–Crippen LogP) is 4.08. The van der Waals surface area contributed by atoms with Gasteiger partial charge in [-0.25, -0.2) is 0 Å². The Kier molecular flexibility index (Phi) is 5.00. The summed E-state index contributed by atoms with van der Waals surface area (Å²) in [4.78, 5) is 16.6. The van der Waals surface area contributed by atoms with E-state index in [-0.39, 0.29) is 5.91 Å². The first-order valence-electron chi connectivity index (χ1n) is 8.22. The SMILES string of the molecule is CN(C)c1ccc(N(C)C(=O)c2cc(-c3ccc(Cl)cc3)nn2C)cc1. The van der Waals surface area contributed by atoms with Crippen LogP contribution in [0.3, 0.4) is 0 Å². The van der Waals surface area contributed by atoms with Crippen LogP contribution >= 0.6 is 11.6 Å². The highest BCUT2D eigenvalue weighted by Crippen LogP contribution is 2.24. The molecule has 0 aliphatic carbocycles. The molecule has 0 aliphatic rings. The monoisotopic (exact) mass is 368 g/mol. The fraction of sp³-hybridized carbons (Fsp3) is 0.200. The third-order valence-electron chi connectivity index (χ3n) is 4.30. The third-order valence-corrected chi connectivity index (χ3v) is 4.55. The van der Waals surface area contributed by atoms with E-state index >= 15 is 0 Å². The van der Waals surface area contributed by atoms with Crippen LogP contribution in [0.4, 0.5) is 11.4 Å². The average molecular weight is 369 g/mol. The van der Waals surface area contributed by atoms with Crippen molar-refractivity contribution in [2.24, 2.45) is 7.05 Å². The van der Waals surface area contributed by atoms with Crippen molar-refractivity contribution in [2.45, 2.75) is 0 Å².